The molecule has 4 aromatic heterocycles. The van der Waals surface area contributed by atoms with E-state index >= 15 is 0 Å². The highest BCUT2D eigenvalue weighted by Gasteiger charge is 2.21. The zero-order valence-corrected chi connectivity index (χ0v) is 18.5. The summed E-state index contributed by atoms with van der Waals surface area (Å²) in [5.41, 5.74) is 0.982. The van der Waals surface area contributed by atoms with Crippen molar-refractivity contribution < 1.29 is 13.7 Å². The Balaban J connectivity index is 1.29. The topological polar surface area (TPSA) is 115 Å². The van der Waals surface area contributed by atoms with Crippen LogP contribution in [0.2, 0.25) is 0 Å². The van der Waals surface area contributed by atoms with Gasteiger partial charge >= 0.3 is 0 Å². The van der Waals surface area contributed by atoms with E-state index in [4.69, 9.17) is 18.9 Å². The second-order valence-electron chi connectivity index (χ2n) is 7.37. The first-order chi connectivity index (χ1) is 15.7. The fourth-order valence-electron chi connectivity index (χ4n) is 3.73. The fraction of sp³-hybridized carbons (Fsp3) is 0.381. The number of furan rings is 1. The number of amides is 1. The predicted octanol–water partition coefficient (Wildman–Crippen LogP) is 3.22. The van der Waals surface area contributed by atoms with Gasteiger partial charge in [-0.3, -0.25) is 4.79 Å². The zero-order valence-electron chi connectivity index (χ0n) is 17.7. The van der Waals surface area contributed by atoms with Crippen LogP contribution in [0.5, 0.6) is 0 Å². The van der Waals surface area contributed by atoms with Crippen molar-refractivity contribution in [3.63, 3.8) is 0 Å². The van der Waals surface area contributed by atoms with Crippen LogP contribution in [0.3, 0.4) is 0 Å². The molecule has 0 aliphatic carbocycles. The maximum absolute atomic E-state index is 12.5. The average Bonchev–Trinajstić information content (AvgIpc) is 3.61. The Labute approximate surface area is 188 Å². The van der Waals surface area contributed by atoms with Gasteiger partial charge in [-0.25, -0.2) is 14.6 Å². The lowest BCUT2D eigenvalue weighted by atomic mass is 10.3. The Bertz CT molecular complexity index is 1210. The molecule has 0 spiro atoms. The van der Waals surface area contributed by atoms with Gasteiger partial charge in [-0.1, -0.05) is 23.8 Å². The molecule has 0 radical (unpaired) electrons. The molecule has 1 aliphatic rings. The molecule has 32 heavy (non-hydrogen) atoms. The molecule has 0 bridgehead atoms. The van der Waals surface area contributed by atoms with Crippen molar-refractivity contribution in [1.82, 2.24) is 30.2 Å². The van der Waals surface area contributed by atoms with Gasteiger partial charge in [0.2, 0.25) is 5.76 Å². The first-order valence-corrected chi connectivity index (χ1v) is 11.6. The molecule has 1 aliphatic heterocycles. The van der Waals surface area contributed by atoms with Crippen molar-refractivity contribution in [1.29, 1.82) is 0 Å². The number of hydrogen-bond acceptors (Lipinski definition) is 9. The molecule has 0 saturated carbocycles. The van der Waals surface area contributed by atoms with Crippen molar-refractivity contribution in [2.45, 2.75) is 31.5 Å². The van der Waals surface area contributed by atoms with Gasteiger partial charge in [0.15, 0.2) is 22.3 Å². The van der Waals surface area contributed by atoms with Crippen LogP contribution >= 0.6 is 11.8 Å². The summed E-state index contributed by atoms with van der Waals surface area (Å²) in [5.74, 6) is 2.45. The van der Waals surface area contributed by atoms with Crippen molar-refractivity contribution in [2.75, 3.05) is 30.3 Å². The summed E-state index contributed by atoms with van der Waals surface area (Å²) >= 11 is 1.62. The summed E-state index contributed by atoms with van der Waals surface area (Å²) in [6.45, 7) is 4.94. The molecule has 1 N–H and O–H groups in total. The van der Waals surface area contributed by atoms with E-state index in [1.54, 1.807) is 30.0 Å². The van der Waals surface area contributed by atoms with Gasteiger partial charge in [0.05, 0.1) is 24.4 Å². The standard InChI is InChI=1S/C21H23N7O3S/c1-2-32-21-24-18(27-8-3-4-9-27)14-13-23-28(19(14)25-21)10-7-22-20(29)15-12-17(31-26-15)16-6-5-11-30-16/h5-6,11-13H,2-4,7-10H2,1H3,(H,22,29). The minimum atomic E-state index is -0.322. The van der Waals surface area contributed by atoms with Crippen LogP contribution in [0, 0.1) is 0 Å². The van der Waals surface area contributed by atoms with Crippen molar-refractivity contribution >= 4 is 34.5 Å². The molecule has 166 valence electrons. The maximum atomic E-state index is 12.5. The van der Waals surface area contributed by atoms with Gasteiger partial charge in [0, 0.05) is 25.7 Å². The molecule has 10 nitrogen and oxygen atoms in total. The summed E-state index contributed by atoms with van der Waals surface area (Å²) in [6.07, 6.45) is 5.70. The second kappa shape index (κ2) is 9.03. The van der Waals surface area contributed by atoms with Gasteiger partial charge in [-0.05, 0) is 30.7 Å². The molecule has 1 fully saturated rings. The molecule has 11 heteroatoms. The summed E-state index contributed by atoms with van der Waals surface area (Å²) in [6, 6.07) is 5.05. The van der Waals surface area contributed by atoms with E-state index in [0.29, 0.717) is 24.6 Å². The van der Waals surface area contributed by atoms with E-state index in [-0.39, 0.29) is 11.6 Å². The van der Waals surface area contributed by atoms with Crippen molar-refractivity contribution in [3.05, 3.63) is 36.4 Å². The van der Waals surface area contributed by atoms with Crippen LogP contribution in [0.15, 0.2) is 44.8 Å². The molecule has 1 amide bonds. The lowest BCUT2D eigenvalue weighted by Gasteiger charge is -2.17. The molecule has 0 aromatic carbocycles. The Hall–Kier alpha value is -3.34. The number of thioether (sulfide) groups is 1. The van der Waals surface area contributed by atoms with E-state index in [1.807, 2.05) is 10.9 Å². The Kier molecular flexibility index (Phi) is 5.80. The smallest absolute Gasteiger partial charge is 0.273 e. The number of rotatable bonds is 8. The second-order valence-corrected chi connectivity index (χ2v) is 8.60. The number of nitrogens with one attached hydrogen (secondary N) is 1. The van der Waals surface area contributed by atoms with Gasteiger partial charge in [-0.2, -0.15) is 5.10 Å². The summed E-state index contributed by atoms with van der Waals surface area (Å²) in [5, 5.41) is 12.9. The summed E-state index contributed by atoms with van der Waals surface area (Å²) in [7, 11) is 0. The van der Waals surface area contributed by atoms with Gasteiger partial charge in [-0.15, -0.1) is 0 Å². The van der Waals surface area contributed by atoms with E-state index in [0.717, 1.165) is 40.9 Å². The number of aromatic nitrogens is 5. The molecule has 0 unspecified atom stereocenters. The van der Waals surface area contributed by atoms with Gasteiger partial charge < -0.3 is 19.2 Å². The highest BCUT2D eigenvalue weighted by atomic mass is 32.2. The summed E-state index contributed by atoms with van der Waals surface area (Å²) in [4.78, 5) is 24.3. The fourth-order valence-corrected chi connectivity index (χ4v) is 4.29. The Morgan fingerprint density at radius 3 is 2.91 bits per heavy atom. The van der Waals surface area contributed by atoms with Crippen LogP contribution in [-0.4, -0.2) is 56.2 Å². The molecular weight excluding hydrogens is 430 g/mol. The van der Waals surface area contributed by atoms with Crippen LogP contribution < -0.4 is 10.2 Å². The number of carbonyl (C=O) groups excluding carboxylic acids is 1. The van der Waals surface area contributed by atoms with Crippen LogP contribution in [0.1, 0.15) is 30.3 Å². The predicted molar refractivity (Wildman–Crippen MR) is 120 cm³/mol. The zero-order chi connectivity index (χ0) is 21.9. The third kappa shape index (κ3) is 4.07. The van der Waals surface area contributed by atoms with E-state index in [2.05, 4.69) is 27.4 Å². The summed E-state index contributed by atoms with van der Waals surface area (Å²) < 4.78 is 12.3. The molecule has 0 atom stereocenters. The molecule has 4 aromatic rings. The number of fused-ring (bicyclic) bond motifs is 1. The number of anilines is 1. The minimum Gasteiger partial charge on any atom is -0.461 e. The monoisotopic (exact) mass is 453 g/mol. The SMILES string of the molecule is CCSc1nc(N2CCCC2)c2cnn(CCNC(=O)c3cc(-c4ccco4)on3)c2n1. The average molecular weight is 454 g/mol. The largest absolute Gasteiger partial charge is 0.461 e. The first-order valence-electron chi connectivity index (χ1n) is 10.6. The highest BCUT2D eigenvalue weighted by Crippen LogP contribution is 2.29. The normalized spacial score (nSPS) is 13.8. The minimum absolute atomic E-state index is 0.196. The highest BCUT2D eigenvalue weighted by molar-refractivity contribution is 7.99. The van der Waals surface area contributed by atoms with E-state index in [9.17, 15) is 4.79 Å². The Morgan fingerprint density at radius 1 is 1.25 bits per heavy atom. The number of nitrogens with zero attached hydrogens (tertiary/aromatic N) is 6. The Morgan fingerprint density at radius 2 is 2.12 bits per heavy atom. The van der Waals surface area contributed by atoms with Crippen molar-refractivity contribution in [3.8, 4) is 11.5 Å². The lowest BCUT2D eigenvalue weighted by Crippen LogP contribution is -2.27. The molecule has 5 rings (SSSR count). The third-order valence-electron chi connectivity index (χ3n) is 5.25. The van der Waals surface area contributed by atoms with Crippen LogP contribution in [-0.2, 0) is 6.54 Å². The lowest BCUT2D eigenvalue weighted by molar-refractivity contribution is 0.0943. The molecule has 5 heterocycles. The maximum Gasteiger partial charge on any atom is 0.273 e. The van der Waals surface area contributed by atoms with Crippen molar-refractivity contribution in [2.24, 2.45) is 0 Å². The first kappa shape index (κ1) is 20.6. The van der Waals surface area contributed by atoms with Gasteiger partial charge in [0.1, 0.15) is 5.82 Å². The van der Waals surface area contributed by atoms with Crippen LogP contribution in [0.25, 0.3) is 22.6 Å². The number of hydrogen-bond donors (Lipinski definition) is 1. The van der Waals surface area contributed by atoms with E-state index < -0.39 is 0 Å². The molecular formula is C21H23N7O3S. The number of carbonyl (C=O) groups is 1. The molecule has 1 saturated heterocycles. The van der Waals surface area contributed by atoms with Crippen LogP contribution in [0.4, 0.5) is 5.82 Å². The van der Waals surface area contributed by atoms with E-state index in [1.165, 1.54) is 19.1 Å². The third-order valence-corrected chi connectivity index (χ3v) is 5.98. The van der Waals surface area contributed by atoms with Gasteiger partial charge in [0.25, 0.3) is 5.91 Å². The quantitative estimate of drug-likeness (QED) is 0.317.